The third-order valence-electron chi connectivity index (χ3n) is 5.08. The molecule has 0 spiro atoms. The van der Waals surface area contributed by atoms with Crippen LogP contribution in [0.3, 0.4) is 0 Å². The minimum absolute atomic E-state index is 0. The highest BCUT2D eigenvalue weighted by atomic mass is 35.5. The first-order valence-corrected chi connectivity index (χ1v) is 11.3. The van der Waals surface area contributed by atoms with E-state index in [1.165, 1.54) is 0 Å². The van der Waals surface area contributed by atoms with Gasteiger partial charge in [0.2, 0.25) is 0 Å². The molecule has 0 unspecified atom stereocenters. The third-order valence-corrected chi connectivity index (χ3v) is 6.93. The number of fused-ring (bicyclic) bond motifs is 2. The zero-order valence-electron chi connectivity index (χ0n) is 16.2. The Morgan fingerprint density at radius 2 is 1.93 bits per heavy atom. The van der Waals surface area contributed by atoms with Crippen molar-refractivity contribution in [3.8, 4) is 0 Å². The summed E-state index contributed by atoms with van der Waals surface area (Å²) >= 11 is 3.11. The largest absolute Gasteiger partial charge is 0.379 e. The number of benzene rings is 2. The number of nitrogens with zero attached hydrogens (tertiary/aromatic N) is 4. The Hall–Kier alpha value is -2.10. The van der Waals surface area contributed by atoms with E-state index in [1.54, 1.807) is 22.7 Å². The van der Waals surface area contributed by atoms with Crippen LogP contribution in [0.25, 0.3) is 20.4 Å². The van der Waals surface area contributed by atoms with Crippen LogP contribution in [-0.2, 0) is 4.74 Å². The van der Waals surface area contributed by atoms with Gasteiger partial charge in [0.05, 0.1) is 39.2 Å². The van der Waals surface area contributed by atoms with Crippen molar-refractivity contribution in [1.29, 1.82) is 0 Å². The molecule has 1 amide bonds. The van der Waals surface area contributed by atoms with Crippen molar-refractivity contribution < 1.29 is 9.53 Å². The summed E-state index contributed by atoms with van der Waals surface area (Å²) in [5, 5.41) is 0.744. The number of hydrogen-bond acceptors (Lipinski definition) is 7. The molecule has 0 N–H and O–H groups in total. The molecule has 1 saturated heterocycles. The second-order valence-electron chi connectivity index (χ2n) is 6.91. The quantitative estimate of drug-likeness (QED) is 0.444. The predicted molar refractivity (Wildman–Crippen MR) is 125 cm³/mol. The van der Waals surface area contributed by atoms with Gasteiger partial charge in [0.15, 0.2) is 5.13 Å². The number of halogens is 1. The number of hydrogen-bond donors (Lipinski definition) is 0. The van der Waals surface area contributed by atoms with E-state index in [1.807, 2.05) is 52.9 Å². The van der Waals surface area contributed by atoms with Crippen molar-refractivity contribution >= 4 is 66.6 Å². The molecule has 0 saturated carbocycles. The van der Waals surface area contributed by atoms with Gasteiger partial charge < -0.3 is 4.74 Å². The number of ether oxygens (including phenoxy) is 1. The van der Waals surface area contributed by atoms with Gasteiger partial charge in [0, 0.05) is 31.7 Å². The molecule has 0 radical (unpaired) electrons. The number of carbonyl (C=O) groups is 1. The maximum Gasteiger partial charge on any atom is 0.260 e. The molecule has 1 fully saturated rings. The maximum absolute atomic E-state index is 13.5. The fourth-order valence-corrected chi connectivity index (χ4v) is 5.18. The minimum Gasteiger partial charge on any atom is -0.379 e. The summed E-state index contributed by atoms with van der Waals surface area (Å²) in [6.07, 6.45) is 0. The monoisotopic (exact) mass is 460 g/mol. The molecule has 30 heavy (non-hydrogen) atoms. The SMILES string of the molecule is Cl.O=C(c1ccc2ncsc2c1)N(CCN1CCOCC1)c1nc2ccccc2s1. The molecule has 9 heteroatoms. The molecule has 0 atom stereocenters. The lowest BCUT2D eigenvalue weighted by Crippen LogP contribution is -2.43. The molecule has 1 aliphatic heterocycles. The van der Waals surface area contributed by atoms with Gasteiger partial charge in [-0.15, -0.1) is 23.7 Å². The molecule has 0 aliphatic carbocycles. The van der Waals surface area contributed by atoms with Crippen LogP contribution in [0.2, 0.25) is 0 Å². The summed E-state index contributed by atoms with van der Waals surface area (Å²) in [7, 11) is 0. The zero-order chi connectivity index (χ0) is 19.6. The van der Waals surface area contributed by atoms with E-state index in [4.69, 9.17) is 9.72 Å². The van der Waals surface area contributed by atoms with Crippen molar-refractivity contribution in [3.05, 3.63) is 53.5 Å². The number of para-hydroxylation sites is 1. The number of amides is 1. The lowest BCUT2D eigenvalue weighted by Gasteiger charge is -2.29. The lowest BCUT2D eigenvalue weighted by atomic mass is 10.2. The lowest BCUT2D eigenvalue weighted by molar-refractivity contribution is 0.0391. The first kappa shape index (κ1) is 21.1. The molecule has 156 valence electrons. The number of aromatic nitrogens is 2. The van der Waals surface area contributed by atoms with E-state index in [0.29, 0.717) is 12.1 Å². The van der Waals surface area contributed by atoms with E-state index in [2.05, 4.69) is 9.88 Å². The van der Waals surface area contributed by atoms with Gasteiger partial charge in [-0.2, -0.15) is 0 Å². The van der Waals surface area contributed by atoms with E-state index in [-0.39, 0.29) is 18.3 Å². The molecule has 5 rings (SSSR count). The number of anilines is 1. The Bertz CT molecular complexity index is 1120. The predicted octanol–water partition coefficient (Wildman–Crippen LogP) is 4.31. The number of carbonyl (C=O) groups excluding carboxylic acids is 1. The maximum atomic E-state index is 13.5. The van der Waals surface area contributed by atoms with Gasteiger partial charge in [-0.05, 0) is 30.3 Å². The van der Waals surface area contributed by atoms with Crippen LogP contribution < -0.4 is 4.90 Å². The Morgan fingerprint density at radius 1 is 1.10 bits per heavy atom. The average Bonchev–Trinajstić information content (AvgIpc) is 3.40. The van der Waals surface area contributed by atoms with Crippen LogP contribution in [-0.4, -0.2) is 60.2 Å². The Morgan fingerprint density at radius 3 is 2.77 bits per heavy atom. The van der Waals surface area contributed by atoms with E-state index >= 15 is 0 Å². The first-order valence-electron chi connectivity index (χ1n) is 9.59. The van der Waals surface area contributed by atoms with Gasteiger partial charge in [-0.3, -0.25) is 14.6 Å². The third kappa shape index (κ3) is 4.33. The fraction of sp³-hybridized carbons (Fsp3) is 0.286. The summed E-state index contributed by atoms with van der Waals surface area (Å²) in [6, 6.07) is 13.7. The minimum atomic E-state index is -0.0207. The Labute approximate surface area is 188 Å². The van der Waals surface area contributed by atoms with Gasteiger partial charge in [0.25, 0.3) is 5.91 Å². The smallest absolute Gasteiger partial charge is 0.260 e. The van der Waals surface area contributed by atoms with Crippen LogP contribution in [0.4, 0.5) is 5.13 Å². The van der Waals surface area contributed by atoms with E-state index < -0.39 is 0 Å². The normalized spacial score (nSPS) is 14.7. The number of thiazole rings is 2. The van der Waals surface area contributed by atoms with Crippen LogP contribution in [0, 0.1) is 0 Å². The molecular weight excluding hydrogens is 440 g/mol. The molecule has 0 bridgehead atoms. The molecule has 2 aromatic carbocycles. The Balaban J connectivity index is 0.00000218. The highest BCUT2D eigenvalue weighted by Crippen LogP contribution is 2.30. The van der Waals surface area contributed by atoms with Crippen molar-refractivity contribution in [3.63, 3.8) is 0 Å². The number of rotatable bonds is 5. The molecule has 3 heterocycles. The number of morpholine rings is 1. The van der Waals surface area contributed by atoms with Crippen LogP contribution >= 0.6 is 35.1 Å². The summed E-state index contributed by atoms with van der Waals surface area (Å²) in [5.41, 5.74) is 4.33. The Kier molecular flexibility index (Phi) is 6.60. The standard InChI is InChI=1S/C21H20N4O2S2.ClH/c26-20(15-5-6-16-19(13-15)28-14-22-16)25(8-7-24-9-11-27-12-10-24)21-23-17-3-1-2-4-18(17)29-21;/h1-6,13-14H,7-12H2;1H. The van der Waals surface area contributed by atoms with Crippen molar-refractivity contribution in [1.82, 2.24) is 14.9 Å². The van der Waals surface area contributed by atoms with Crippen LogP contribution in [0.5, 0.6) is 0 Å². The summed E-state index contributed by atoms with van der Waals surface area (Å²) in [4.78, 5) is 26.7. The van der Waals surface area contributed by atoms with E-state index in [9.17, 15) is 4.79 Å². The second kappa shape index (κ2) is 9.36. The zero-order valence-corrected chi connectivity index (χ0v) is 18.6. The topological polar surface area (TPSA) is 58.6 Å². The van der Waals surface area contributed by atoms with Crippen molar-refractivity contribution in [2.45, 2.75) is 0 Å². The molecule has 1 aliphatic rings. The highest BCUT2D eigenvalue weighted by Gasteiger charge is 2.23. The van der Waals surface area contributed by atoms with E-state index in [0.717, 1.165) is 58.4 Å². The molecular formula is C21H21ClN4O2S2. The molecule has 2 aromatic heterocycles. The van der Waals surface area contributed by atoms with Gasteiger partial charge in [-0.1, -0.05) is 23.5 Å². The van der Waals surface area contributed by atoms with Gasteiger partial charge >= 0.3 is 0 Å². The molecule has 4 aromatic rings. The summed E-state index contributed by atoms with van der Waals surface area (Å²) in [5.74, 6) is -0.0207. The highest BCUT2D eigenvalue weighted by molar-refractivity contribution is 7.22. The summed E-state index contributed by atoms with van der Waals surface area (Å²) < 4.78 is 7.55. The van der Waals surface area contributed by atoms with Gasteiger partial charge in [-0.25, -0.2) is 9.97 Å². The van der Waals surface area contributed by atoms with Crippen LogP contribution in [0.1, 0.15) is 10.4 Å². The first-order chi connectivity index (χ1) is 14.3. The van der Waals surface area contributed by atoms with Crippen molar-refractivity contribution in [2.24, 2.45) is 0 Å². The fourth-order valence-electron chi connectivity index (χ4n) is 3.47. The average molecular weight is 461 g/mol. The molecule has 6 nitrogen and oxygen atoms in total. The van der Waals surface area contributed by atoms with Gasteiger partial charge in [0.1, 0.15) is 0 Å². The van der Waals surface area contributed by atoms with Crippen LogP contribution in [0.15, 0.2) is 48.0 Å². The second-order valence-corrected chi connectivity index (χ2v) is 8.81. The van der Waals surface area contributed by atoms with Crippen molar-refractivity contribution in [2.75, 3.05) is 44.3 Å². The summed E-state index contributed by atoms with van der Waals surface area (Å²) in [6.45, 7) is 4.69.